The fourth-order valence-electron chi connectivity index (χ4n) is 7.00. The molecule has 20 heteroatoms. The SMILES string of the molecule is COc1ccc([C@H]2CC(=O)c3c(O)cc(O[C@@H]4O[C@H](CO[C@@H]5O[C@H](C)[C@H](OC(C)=O)[C@@H](OC(C)=O)[C@@H]5OC(C)=O)[C@H](OC(C)=O)[C@@H](OC(C)=O)[C@@H]4OC(C)=O)cc3O2)cc1. The quantitative estimate of drug-likeness (QED) is 0.225. The lowest BCUT2D eigenvalue weighted by Gasteiger charge is -2.46. The maximum absolute atomic E-state index is 13.3. The molecule has 0 aromatic heterocycles. The average Bonchev–Trinajstić information content (AvgIpc) is 3.14. The van der Waals surface area contributed by atoms with Crippen LogP contribution in [-0.2, 0) is 71.4 Å². The number of phenols is 1. The summed E-state index contributed by atoms with van der Waals surface area (Å²) in [7, 11) is 1.51. The lowest BCUT2D eigenvalue weighted by molar-refractivity contribution is -0.323. The lowest BCUT2D eigenvalue weighted by atomic mass is 9.95. The van der Waals surface area contributed by atoms with Gasteiger partial charge in [-0.1, -0.05) is 12.1 Å². The molecule has 0 spiro atoms. The maximum atomic E-state index is 13.3. The van der Waals surface area contributed by atoms with Crippen LogP contribution in [0.25, 0.3) is 0 Å². The Balaban J connectivity index is 1.49. The molecule has 2 fully saturated rings. The second-order valence-corrected chi connectivity index (χ2v) is 14.0. The molecule has 11 atom stereocenters. The molecule has 0 bridgehead atoms. The number of carbonyl (C=O) groups is 7. The minimum Gasteiger partial charge on any atom is -0.507 e. The molecule has 2 aromatic rings. The van der Waals surface area contributed by atoms with Crippen molar-refractivity contribution < 1.29 is 95.5 Å². The zero-order valence-electron chi connectivity index (χ0n) is 33.9. The summed E-state index contributed by atoms with van der Waals surface area (Å²) in [5.41, 5.74) is 0.530. The first-order valence-corrected chi connectivity index (χ1v) is 18.7. The molecule has 0 amide bonds. The van der Waals surface area contributed by atoms with Crippen molar-refractivity contribution in [3.05, 3.63) is 47.5 Å². The summed E-state index contributed by atoms with van der Waals surface area (Å²) < 4.78 is 68.7. The fraction of sp³-hybridized carbons (Fsp3) is 0.525. The fourth-order valence-corrected chi connectivity index (χ4v) is 7.00. The van der Waals surface area contributed by atoms with E-state index in [1.165, 1.54) is 20.1 Å². The summed E-state index contributed by atoms with van der Waals surface area (Å²) in [6, 6.07) is 9.24. The van der Waals surface area contributed by atoms with Gasteiger partial charge in [-0.05, 0) is 24.6 Å². The first-order chi connectivity index (χ1) is 28.3. The minimum atomic E-state index is -1.72. The summed E-state index contributed by atoms with van der Waals surface area (Å²) in [4.78, 5) is 87.3. The van der Waals surface area contributed by atoms with Crippen LogP contribution in [0.1, 0.15) is 76.9 Å². The van der Waals surface area contributed by atoms with E-state index in [4.69, 9.17) is 56.8 Å². The van der Waals surface area contributed by atoms with Crippen molar-refractivity contribution in [2.24, 2.45) is 0 Å². The van der Waals surface area contributed by atoms with Gasteiger partial charge in [0.15, 0.2) is 42.6 Å². The van der Waals surface area contributed by atoms with Crippen LogP contribution in [0.15, 0.2) is 36.4 Å². The summed E-state index contributed by atoms with van der Waals surface area (Å²) >= 11 is 0. The number of ketones is 1. The molecule has 3 aliphatic heterocycles. The molecule has 5 rings (SSSR count). The Kier molecular flexibility index (Phi) is 14.6. The first kappa shape index (κ1) is 45.1. The van der Waals surface area contributed by atoms with Crippen molar-refractivity contribution in [1.29, 1.82) is 0 Å². The van der Waals surface area contributed by atoms with Crippen molar-refractivity contribution in [3.8, 4) is 23.0 Å². The van der Waals surface area contributed by atoms with Gasteiger partial charge in [0.2, 0.25) is 12.4 Å². The Morgan fingerprint density at radius 3 is 1.70 bits per heavy atom. The van der Waals surface area contributed by atoms with Crippen LogP contribution in [0.3, 0.4) is 0 Å². The van der Waals surface area contributed by atoms with Crippen LogP contribution < -0.4 is 14.2 Å². The number of aromatic hydroxyl groups is 1. The Labute approximate surface area is 343 Å². The second kappa shape index (κ2) is 19.4. The smallest absolute Gasteiger partial charge is 0.303 e. The van der Waals surface area contributed by atoms with E-state index in [9.17, 15) is 38.7 Å². The molecule has 1 N–H and O–H groups in total. The number of carbonyl (C=O) groups excluding carboxylic acids is 7. The molecule has 2 saturated heterocycles. The highest BCUT2D eigenvalue weighted by molar-refractivity contribution is 6.02. The van der Waals surface area contributed by atoms with Crippen molar-refractivity contribution in [2.45, 2.75) is 122 Å². The summed E-state index contributed by atoms with van der Waals surface area (Å²) in [5, 5.41) is 11.0. The minimum absolute atomic E-state index is 0.0504. The Hall–Kier alpha value is -5.99. The summed E-state index contributed by atoms with van der Waals surface area (Å²) in [5.74, 6) is -5.63. The highest BCUT2D eigenvalue weighted by Gasteiger charge is 2.55. The molecule has 3 heterocycles. The number of phenolic OH excluding ortho intramolecular Hbond substituents is 1. The highest BCUT2D eigenvalue weighted by atomic mass is 16.8. The van der Waals surface area contributed by atoms with E-state index in [0.29, 0.717) is 11.3 Å². The zero-order valence-corrected chi connectivity index (χ0v) is 33.9. The molecule has 60 heavy (non-hydrogen) atoms. The van der Waals surface area contributed by atoms with Gasteiger partial charge in [-0.3, -0.25) is 33.6 Å². The molecule has 0 aliphatic carbocycles. The van der Waals surface area contributed by atoms with E-state index in [2.05, 4.69) is 0 Å². The van der Waals surface area contributed by atoms with Gasteiger partial charge in [0.1, 0.15) is 40.8 Å². The number of esters is 6. The van der Waals surface area contributed by atoms with Crippen molar-refractivity contribution in [2.75, 3.05) is 13.7 Å². The Morgan fingerprint density at radius 2 is 1.15 bits per heavy atom. The van der Waals surface area contributed by atoms with E-state index in [-0.39, 0.29) is 23.5 Å². The van der Waals surface area contributed by atoms with Gasteiger partial charge in [0, 0.05) is 53.7 Å². The van der Waals surface area contributed by atoms with Gasteiger partial charge in [-0.2, -0.15) is 0 Å². The third-order valence-corrected chi connectivity index (χ3v) is 9.27. The predicted octanol–water partition coefficient (Wildman–Crippen LogP) is 2.56. The molecule has 0 unspecified atom stereocenters. The molecule has 20 nitrogen and oxygen atoms in total. The second-order valence-electron chi connectivity index (χ2n) is 14.0. The number of rotatable bonds is 13. The standard InChI is InChI=1S/C40H46O20/c1-17-33(52-18(2)41)35(54-20(4)43)37(56-22(6)45)39(51-17)50-16-31-34(53-19(3)42)36(55-21(5)44)38(57-23(7)46)40(60-31)58-26-13-27(47)32-28(48)15-29(59-30(32)14-26)24-9-11-25(49-8)12-10-24/h9-14,17,29,31,33-40,47H,15-16H2,1-8H3/t17-,29-,31-,33+,34+,35-,36-,37+,38+,39-,40-/m1/s1. The molecule has 0 saturated carbocycles. The number of hydrogen-bond acceptors (Lipinski definition) is 20. The van der Waals surface area contributed by atoms with E-state index in [0.717, 1.165) is 47.6 Å². The molecular formula is C40H46O20. The number of methoxy groups -OCH3 is 1. The molecular weight excluding hydrogens is 800 g/mol. The molecule has 3 aliphatic rings. The van der Waals surface area contributed by atoms with Gasteiger partial charge in [-0.25, -0.2) is 0 Å². The van der Waals surface area contributed by atoms with Crippen LogP contribution in [0.2, 0.25) is 0 Å². The van der Waals surface area contributed by atoms with Gasteiger partial charge >= 0.3 is 35.8 Å². The summed E-state index contributed by atoms with van der Waals surface area (Å²) in [6.07, 6.45) is -15.6. The number of ether oxygens (including phenoxy) is 12. The van der Waals surface area contributed by atoms with Gasteiger partial charge < -0.3 is 61.9 Å². The van der Waals surface area contributed by atoms with Crippen molar-refractivity contribution in [3.63, 3.8) is 0 Å². The van der Waals surface area contributed by atoms with Crippen LogP contribution in [0.5, 0.6) is 23.0 Å². The monoisotopic (exact) mass is 846 g/mol. The van der Waals surface area contributed by atoms with Crippen LogP contribution in [0, 0.1) is 0 Å². The van der Waals surface area contributed by atoms with Crippen LogP contribution in [-0.4, -0.2) is 122 Å². The lowest BCUT2D eigenvalue weighted by Crippen LogP contribution is -2.64. The van der Waals surface area contributed by atoms with Gasteiger partial charge in [-0.15, -0.1) is 0 Å². The number of Topliss-reactive ketones (excluding diaryl/α,β-unsaturated/α-hetero) is 1. The normalized spacial score (nSPS) is 28.4. The molecule has 326 valence electrons. The number of hydrogen-bond donors (Lipinski definition) is 1. The predicted molar refractivity (Wildman–Crippen MR) is 196 cm³/mol. The van der Waals surface area contributed by atoms with Crippen LogP contribution >= 0.6 is 0 Å². The highest BCUT2D eigenvalue weighted by Crippen LogP contribution is 2.43. The van der Waals surface area contributed by atoms with Gasteiger partial charge in [0.05, 0.1) is 26.2 Å². The number of fused-ring (bicyclic) bond motifs is 1. The van der Waals surface area contributed by atoms with E-state index >= 15 is 0 Å². The topological polar surface area (TPSA) is 250 Å². The molecule has 2 aromatic carbocycles. The van der Waals surface area contributed by atoms with Crippen molar-refractivity contribution in [1.82, 2.24) is 0 Å². The first-order valence-electron chi connectivity index (χ1n) is 18.7. The Bertz CT molecular complexity index is 1940. The average molecular weight is 847 g/mol. The van der Waals surface area contributed by atoms with E-state index in [1.54, 1.807) is 24.3 Å². The largest absolute Gasteiger partial charge is 0.507 e. The summed E-state index contributed by atoms with van der Waals surface area (Å²) in [6.45, 7) is 7.31. The van der Waals surface area contributed by atoms with Crippen molar-refractivity contribution >= 4 is 41.6 Å². The van der Waals surface area contributed by atoms with Crippen LogP contribution in [0.4, 0.5) is 0 Å². The zero-order chi connectivity index (χ0) is 44.0. The maximum Gasteiger partial charge on any atom is 0.303 e. The number of benzene rings is 2. The van der Waals surface area contributed by atoms with E-state index < -0.39 is 121 Å². The van der Waals surface area contributed by atoms with Gasteiger partial charge in [0.25, 0.3) is 0 Å². The third-order valence-electron chi connectivity index (χ3n) is 9.27. The Morgan fingerprint density at radius 1 is 0.650 bits per heavy atom. The third kappa shape index (κ3) is 11.0. The van der Waals surface area contributed by atoms with E-state index in [1.807, 2.05) is 0 Å². The molecule has 0 radical (unpaired) electrons.